The van der Waals surface area contributed by atoms with Crippen LogP contribution in [0.4, 0.5) is 0 Å². The van der Waals surface area contributed by atoms with Gasteiger partial charge >= 0.3 is 17.3 Å². The van der Waals surface area contributed by atoms with Crippen LogP contribution in [0.1, 0.15) is 50.6 Å². The summed E-state index contributed by atoms with van der Waals surface area (Å²) in [6.07, 6.45) is 21.8. The Morgan fingerprint density at radius 2 is 1.00 bits per heavy atom. The summed E-state index contributed by atoms with van der Waals surface area (Å²) in [6.45, 7) is 10.1. The standard InChI is InChI=1S/C17H15N3.C16H13N3.C11H11N3.2C10H9N3/c1-18-14-11-19-9-5-8-13-10-20(16(14)15(13)19)17(18)12-6-3-2-4-7-12;1-2-6-13(7-3-1)19-11-18-9-12-5-4-8-17-10-14(19)16(18)15(12)17;1-12-7-14-5-8-3-2-4-13-6-9(12)11(14)10(8)13;1-2-8-6-12-5-3-9-7-11(4-1)10(8)13(9)12;1-2-8-6-11-4-5-13-7-12(3-1)9(8)10(11)13/h2-9H,10-11H2,1H3;1-8,11H,9-10H2;2-4,7H,5-6H2,1H3;2*1-5H,6-7H2/q5*+2. The molecule has 12 aromatic rings. The van der Waals surface area contributed by atoms with E-state index in [0.29, 0.717) is 0 Å². The van der Waals surface area contributed by atoms with E-state index < -0.39 is 0 Å². The summed E-state index contributed by atoms with van der Waals surface area (Å²) in [6, 6.07) is 45.4. The number of benzene rings is 2. The first-order valence-electron chi connectivity index (χ1n) is 27.7. The molecule has 20 heterocycles. The second kappa shape index (κ2) is 15.9. The Morgan fingerprint density at radius 1 is 0.392 bits per heavy atom. The van der Waals surface area contributed by atoms with Crippen LogP contribution in [0.3, 0.4) is 0 Å². The van der Waals surface area contributed by atoms with Gasteiger partial charge in [0.05, 0.1) is 54.2 Å². The summed E-state index contributed by atoms with van der Waals surface area (Å²) in [7, 11) is 4.32. The first-order valence-corrected chi connectivity index (χ1v) is 27.7. The van der Waals surface area contributed by atoms with Gasteiger partial charge < -0.3 is 0 Å². The smallest absolute Gasteiger partial charge is 0.230 e. The molecule has 22 rings (SSSR count). The van der Waals surface area contributed by atoms with Crippen molar-refractivity contribution in [3.63, 3.8) is 0 Å². The monoisotopic (exact) mass is 1040 g/mol. The molecule has 0 N–H and O–H groups in total. The van der Waals surface area contributed by atoms with Crippen LogP contribution < -0.4 is 45.8 Å². The van der Waals surface area contributed by atoms with Gasteiger partial charge in [-0.05, 0) is 65.3 Å². The molecule has 79 heavy (non-hydrogen) atoms. The van der Waals surface area contributed by atoms with Crippen molar-refractivity contribution < 1.29 is 45.8 Å². The number of rotatable bonds is 2. The van der Waals surface area contributed by atoms with E-state index in [9.17, 15) is 0 Å². The molecule has 0 radical (unpaired) electrons. The molecule has 0 aliphatic carbocycles. The van der Waals surface area contributed by atoms with Crippen molar-refractivity contribution >= 4 is 0 Å². The minimum atomic E-state index is 0.973. The minimum Gasteiger partial charge on any atom is -0.230 e. The third-order valence-electron chi connectivity index (χ3n) is 18.0. The van der Waals surface area contributed by atoms with Crippen molar-refractivity contribution in [1.82, 2.24) is 23.0 Å². The van der Waals surface area contributed by atoms with E-state index >= 15 is 0 Å². The number of para-hydroxylation sites is 1. The Kier molecular flexibility index (Phi) is 8.73. The number of aryl methyl sites for hydroxylation is 1. The molecule has 15 nitrogen and oxygen atoms in total. The zero-order valence-corrected chi connectivity index (χ0v) is 44.2. The van der Waals surface area contributed by atoms with Crippen molar-refractivity contribution in [3.8, 4) is 68.6 Å². The molecule has 10 aliphatic heterocycles. The number of hydrogen-bond acceptors (Lipinski definition) is 0. The average Bonchev–Trinajstić information content (AvgIpc) is 4.47. The van der Waals surface area contributed by atoms with Gasteiger partial charge in [-0.15, -0.1) is 0 Å². The zero-order valence-electron chi connectivity index (χ0n) is 44.2. The van der Waals surface area contributed by atoms with Crippen LogP contribution in [0, 0.1) is 0 Å². The maximum Gasteiger partial charge on any atom is 0.360 e. The van der Waals surface area contributed by atoms with Gasteiger partial charge in [0.2, 0.25) is 84.9 Å². The van der Waals surface area contributed by atoms with Crippen LogP contribution in [0.5, 0.6) is 0 Å². The normalized spacial score (nSPS) is 14.5. The summed E-state index contributed by atoms with van der Waals surface area (Å²) in [5, 5.41) is 0. The lowest BCUT2D eigenvalue weighted by atomic mass is 10.2. The Morgan fingerprint density at radius 3 is 1.75 bits per heavy atom. The molecule has 0 unspecified atom stereocenters. The van der Waals surface area contributed by atoms with Gasteiger partial charge in [0.25, 0.3) is 29.6 Å². The molecule has 15 heteroatoms. The maximum absolute atomic E-state index is 2.47. The number of hydrogen-bond donors (Lipinski definition) is 0. The van der Waals surface area contributed by atoms with Crippen molar-refractivity contribution in [3.05, 3.63) is 240 Å². The highest BCUT2D eigenvalue weighted by atomic mass is 15.5. The van der Waals surface area contributed by atoms with E-state index in [4.69, 9.17) is 0 Å². The van der Waals surface area contributed by atoms with Crippen molar-refractivity contribution in [2.45, 2.75) is 65.6 Å². The lowest BCUT2D eigenvalue weighted by molar-refractivity contribution is -0.876. The van der Waals surface area contributed by atoms with E-state index in [2.05, 4.69) is 272 Å². The van der Waals surface area contributed by atoms with E-state index in [1.54, 1.807) is 0 Å². The average molecular weight is 1040 g/mol. The Labute approximate surface area is 455 Å². The second-order valence-corrected chi connectivity index (χ2v) is 22.5. The molecule has 2 aromatic carbocycles. The molecule has 10 aromatic heterocycles. The molecular weight excluding hydrogens is 979 g/mol. The van der Waals surface area contributed by atoms with Crippen LogP contribution in [0.25, 0.3) is 68.6 Å². The van der Waals surface area contributed by atoms with E-state index in [1.165, 1.54) is 119 Å². The summed E-state index contributed by atoms with van der Waals surface area (Å²) in [5.74, 6) is 4.05. The quantitative estimate of drug-likeness (QED) is 0.240. The number of imidazole rings is 4. The lowest BCUT2D eigenvalue weighted by Crippen LogP contribution is -2.44. The first-order chi connectivity index (χ1) is 39.0. The fraction of sp³-hybridized carbons (Fsp3) is 0.188. The highest BCUT2D eigenvalue weighted by molar-refractivity contribution is 5.65. The number of nitrogens with zero attached hydrogens (tertiary/aromatic N) is 15. The van der Waals surface area contributed by atoms with Gasteiger partial charge in [0, 0.05) is 28.9 Å². The first kappa shape index (κ1) is 43.4. The van der Waals surface area contributed by atoms with Gasteiger partial charge in [-0.2, -0.15) is 27.4 Å². The molecule has 0 amide bonds. The summed E-state index contributed by atoms with van der Waals surface area (Å²) in [5.41, 5.74) is 25.3. The predicted octanol–water partition coefficient (Wildman–Crippen LogP) is 2.78. The van der Waals surface area contributed by atoms with Crippen molar-refractivity contribution in [2.24, 2.45) is 14.1 Å². The fourth-order valence-electron chi connectivity index (χ4n) is 14.8. The highest BCUT2D eigenvalue weighted by Gasteiger charge is 2.50. The number of aromatic nitrogens is 15. The third kappa shape index (κ3) is 6.06. The van der Waals surface area contributed by atoms with Gasteiger partial charge in [-0.25, -0.2) is 32.0 Å². The summed E-state index contributed by atoms with van der Waals surface area (Å²) in [4.78, 5) is 0. The van der Waals surface area contributed by atoms with Crippen LogP contribution in [0.15, 0.2) is 190 Å². The summed E-state index contributed by atoms with van der Waals surface area (Å²) < 4.78 is 35.0. The van der Waals surface area contributed by atoms with E-state index in [-0.39, 0.29) is 0 Å². The third-order valence-corrected chi connectivity index (χ3v) is 18.0. The van der Waals surface area contributed by atoms with Crippen LogP contribution in [-0.2, 0) is 79.7 Å². The van der Waals surface area contributed by atoms with Gasteiger partial charge in [0.1, 0.15) is 49.8 Å². The largest absolute Gasteiger partial charge is 0.360 e. The van der Waals surface area contributed by atoms with Gasteiger partial charge in [-0.1, -0.05) is 36.4 Å². The molecule has 378 valence electrons. The van der Waals surface area contributed by atoms with Gasteiger partial charge in [-0.3, -0.25) is 0 Å². The molecular formula is C64H57N15+10. The molecule has 0 bridgehead atoms. The summed E-state index contributed by atoms with van der Waals surface area (Å²) >= 11 is 0. The van der Waals surface area contributed by atoms with E-state index in [0.717, 1.165) is 65.6 Å². The minimum absolute atomic E-state index is 0.973. The fourth-order valence-corrected chi connectivity index (χ4v) is 14.8. The second-order valence-electron chi connectivity index (χ2n) is 22.5. The molecule has 10 aliphatic rings. The molecule has 0 saturated heterocycles. The van der Waals surface area contributed by atoms with Crippen LogP contribution in [-0.4, -0.2) is 23.0 Å². The zero-order chi connectivity index (χ0) is 51.8. The Bertz CT molecular complexity index is 4460. The molecule has 0 spiro atoms. The molecule has 0 saturated carbocycles. The lowest BCUT2D eigenvalue weighted by Gasteiger charge is -2.00. The SMILES string of the molecule is Cn1c2c3[n+](c1-c1ccccc1)Cc1ccc[n+](c1-3)C2.Cn1c[n+]2c3c1C[n+]1cccc(c1-3)C2.c1cc2c3[n+](c1)C[n+]1ccn(c1-3)C2.c1cc2c3[n+](c1)Cc1cc[n+](n1-3)C2.c1ccc(-n2c[n+]3c4c2C[n+]2cccc(c2-4)C3)cc1. The maximum atomic E-state index is 2.47. The van der Waals surface area contributed by atoms with Crippen LogP contribution in [0.2, 0.25) is 0 Å². The number of pyridine rings is 5. The Balaban J connectivity index is 0.0000000776. The Hall–Kier alpha value is -9.76. The van der Waals surface area contributed by atoms with Gasteiger partial charge in [0.15, 0.2) is 31.3 Å². The van der Waals surface area contributed by atoms with Crippen molar-refractivity contribution in [2.75, 3.05) is 0 Å². The topological polar surface area (TPSA) is 63.5 Å². The predicted molar refractivity (Wildman–Crippen MR) is 283 cm³/mol. The molecule has 0 atom stereocenters. The highest BCUT2D eigenvalue weighted by Crippen LogP contribution is 2.37. The van der Waals surface area contributed by atoms with Crippen molar-refractivity contribution in [1.29, 1.82) is 0 Å². The van der Waals surface area contributed by atoms with Crippen LogP contribution >= 0.6 is 0 Å². The molecule has 0 fully saturated rings. The van der Waals surface area contributed by atoms with E-state index in [1.807, 2.05) is 0 Å².